The van der Waals surface area contributed by atoms with Gasteiger partial charge in [0.2, 0.25) is 10.0 Å². The van der Waals surface area contributed by atoms with E-state index in [2.05, 4.69) is 12.2 Å². The maximum Gasteiger partial charge on any atom is 0.214 e. The molecule has 1 aromatic heterocycles. The smallest absolute Gasteiger partial charge is 0.214 e. The fraction of sp³-hybridized carbons (Fsp3) is 0.714. The van der Waals surface area contributed by atoms with Gasteiger partial charge in [-0.05, 0) is 50.9 Å². The van der Waals surface area contributed by atoms with Crippen molar-refractivity contribution in [3.63, 3.8) is 0 Å². The van der Waals surface area contributed by atoms with Gasteiger partial charge in [-0.15, -0.1) is 0 Å². The topological polar surface area (TPSA) is 62.6 Å². The summed E-state index contributed by atoms with van der Waals surface area (Å²) in [7, 11) is -3.18. The molecule has 6 heteroatoms. The Morgan fingerprint density at radius 2 is 2.20 bits per heavy atom. The summed E-state index contributed by atoms with van der Waals surface area (Å²) < 4.78 is 31.8. The Morgan fingerprint density at radius 3 is 2.80 bits per heavy atom. The number of nitrogens with one attached hydrogen (secondary N) is 1. The van der Waals surface area contributed by atoms with E-state index in [1.807, 2.05) is 6.07 Å². The van der Waals surface area contributed by atoms with Gasteiger partial charge in [-0.1, -0.05) is 6.92 Å². The lowest BCUT2D eigenvalue weighted by molar-refractivity contribution is 0.356. The average Bonchev–Trinajstić information content (AvgIpc) is 3.12. The summed E-state index contributed by atoms with van der Waals surface area (Å²) >= 11 is 0. The maximum atomic E-state index is 12.4. The first-order chi connectivity index (χ1) is 9.63. The predicted octanol–water partition coefficient (Wildman–Crippen LogP) is 1.96. The molecule has 5 nitrogen and oxygen atoms in total. The zero-order chi connectivity index (χ0) is 14.4. The number of nitrogens with zero attached hydrogens (tertiary/aromatic N) is 1. The molecule has 20 heavy (non-hydrogen) atoms. The molecule has 0 saturated heterocycles. The lowest BCUT2D eigenvalue weighted by atomic mass is 10.3. The summed E-state index contributed by atoms with van der Waals surface area (Å²) in [6.45, 7) is 4.23. The number of hydrogen-bond donors (Lipinski definition) is 1. The van der Waals surface area contributed by atoms with Crippen LogP contribution in [-0.2, 0) is 16.6 Å². The van der Waals surface area contributed by atoms with Crippen molar-refractivity contribution in [2.75, 3.05) is 18.8 Å². The van der Waals surface area contributed by atoms with Crippen LogP contribution in [-0.4, -0.2) is 37.6 Å². The van der Waals surface area contributed by atoms with Gasteiger partial charge in [0.1, 0.15) is 5.76 Å². The van der Waals surface area contributed by atoms with Crippen molar-refractivity contribution in [3.05, 3.63) is 24.2 Å². The second kappa shape index (κ2) is 7.24. The highest BCUT2D eigenvalue weighted by Gasteiger charge is 2.37. The number of furan rings is 1. The Labute approximate surface area is 121 Å². The number of unbranched alkanes of at least 4 members (excludes halogenated alkanes) is 1. The summed E-state index contributed by atoms with van der Waals surface area (Å²) in [6, 6.07) is 3.80. The SMILES string of the molecule is CCNCCCCS(=O)(=O)N(Cc1ccco1)C1CC1. The zero-order valence-electron chi connectivity index (χ0n) is 12.0. The molecule has 0 aromatic carbocycles. The van der Waals surface area contributed by atoms with E-state index in [0.717, 1.165) is 32.4 Å². The van der Waals surface area contributed by atoms with Crippen molar-refractivity contribution in [2.24, 2.45) is 0 Å². The number of sulfonamides is 1. The highest BCUT2D eigenvalue weighted by molar-refractivity contribution is 7.89. The predicted molar refractivity (Wildman–Crippen MR) is 78.8 cm³/mol. The Morgan fingerprint density at radius 1 is 1.40 bits per heavy atom. The normalized spacial score (nSPS) is 15.9. The molecule has 0 bridgehead atoms. The van der Waals surface area contributed by atoms with Gasteiger partial charge in [0.15, 0.2) is 0 Å². The zero-order valence-corrected chi connectivity index (χ0v) is 12.9. The molecule has 0 radical (unpaired) electrons. The molecule has 114 valence electrons. The summed E-state index contributed by atoms with van der Waals surface area (Å²) in [5, 5.41) is 3.21. The van der Waals surface area contributed by atoms with Gasteiger partial charge < -0.3 is 9.73 Å². The van der Waals surface area contributed by atoms with Crippen molar-refractivity contribution in [3.8, 4) is 0 Å². The highest BCUT2D eigenvalue weighted by atomic mass is 32.2. The van der Waals surface area contributed by atoms with Gasteiger partial charge in [-0.2, -0.15) is 4.31 Å². The first-order valence-electron chi connectivity index (χ1n) is 7.36. The number of hydrogen-bond acceptors (Lipinski definition) is 4. The fourth-order valence-corrected chi connectivity index (χ4v) is 3.99. The Bertz CT molecular complexity index is 481. The minimum atomic E-state index is -3.18. The van der Waals surface area contributed by atoms with Crippen LogP contribution in [0.1, 0.15) is 38.4 Å². The van der Waals surface area contributed by atoms with Gasteiger partial charge in [-0.25, -0.2) is 8.42 Å². The lowest BCUT2D eigenvalue weighted by Crippen LogP contribution is -2.34. The summed E-state index contributed by atoms with van der Waals surface area (Å²) in [4.78, 5) is 0. The highest BCUT2D eigenvalue weighted by Crippen LogP contribution is 2.31. The van der Waals surface area contributed by atoms with E-state index < -0.39 is 10.0 Å². The Hall–Kier alpha value is -0.850. The summed E-state index contributed by atoms with van der Waals surface area (Å²) in [6.07, 6.45) is 5.13. The molecule has 0 spiro atoms. The van der Waals surface area contributed by atoms with Gasteiger partial charge in [0, 0.05) is 6.04 Å². The van der Waals surface area contributed by atoms with Gasteiger partial charge in [-0.3, -0.25) is 0 Å². The fourth-order valence-electron chi connectivity index (χ4n) is 2.20. The van der Waals surface area contributed by atoms with Crippen LogP contribution in [0.15, 0.2) is 22.8 Å². The molecule has 1 aromatic rings. The molecule has 1 aliphatic carbocycles. The minimum Gasteiger partial charge on any atom is -0.468 e. The summed E-state index contributed by atoms with van der Waals surface area (Å²) in [5.41, 5.74) is 0. The van der Waals surface area contributed by atoms with Crippen molar-refractivity contribution in [2.45, 2.75) is 45.2 Å². The van der Waals surface area contributed by atoms with Crippen LogP contribution in [0.4, 0.5) is 0 Å². The van der Waals surface area contributed by atoms with E-state index >= 15 is 0 Å². The third-order valence-electron chi connectivity index (χ3n) is 3.46. The van der Waals surface area contributed by atoms with Crippen molar-refractivity contribution >= 4 is 10.0 Å². The lowest BCUT2D eigenvalue weighted by Gasteiger charge is -2.20. The van der Waals surface area contributed by atoms with E-state index in [-0.39, 0.29) is 11.8 Å². The van der Waals surface area contributed by atoms with E-state index in [0.29, 0.717) is 18.7 Å². The Balaban J connectivity index is 1.87. The van der Waals surface area contributed by atoms with Gasteiger partial charge in [0.25, 0.3) is 0 Å². The first kappa shape index (κ1) is 15.5. The maximum absolute atomic E-state index is 12.4. The monoisotopic (exact) mass is 300 g/mol. The molecule has 0 atom stereocenters. The van der Waals surface area contributed by atoms with E-state index in [1.54, 1.807) is 16.6 Å². The minimum absolute atomic E-state index is 0.180. The molecule has 0 unspecified atom stereocenters. The van der Waals surface area contributed by atoms with Gasteiger partial charge >= 0.3 is 0 Å². The molecular weight excluding hydrogens is 276 g/mol. The van der Waals surface area contributed by atoms with Crippen LogP contribution in [0, 0.1) is 0 Å². The second-order valence-electron chi connectivity index (χ2n) is 5.23. The molecule has 1 aliphatic rings. The first-order valence-corrected chi connectivity index (χ1v) is 8.97. The van der Waals surface area contributed by atoms with Crippen molar-refractivity contribution in [1.82, 2.24) is 9.62 Å². The molecule has 1 N–H and O–H groups in total. The third kappa shape index (κ3) is 4.61. The van der Waals surface area contributed by atoms with Crippen molar-refractivity contribution < 1.29 is 12.8 Å². The van der Waals surface area contributed by atoms with Crippen LogP contribution in [0.3, 0.4) is 0 Å². The molecule has 2 rings (SSSR count). The van der Waals surface area contributed by atoms with Crippen LogP contribution < -0.4 is 5.32 Å². The van der Waals surface area contributed by atoms with Crippen LogP contribution in [0.2, 0.25) is 0 Å². The van der Waals surface area contributed by atoms with Gasteiger partial charge in [0.05, 0.1) is 18.6 Å². The van der Waals surface area contributed by atoms with E-state index in [4.69, 9.17) is 4.42 Å². The average molecular weight is 300 g/mol. The van der Waals surface area contributed by atoms with Crippen LogP contribution in [0.5, 0.6) is 0 Å². The Kier molecular flexibility index (Phi) is 5.63. The van der Waals surface area contributed by atoms with Crippen LogP contribution in [0.25, 0.3) is 0 Å². The second-order valence-corrected chi connectivity index (χ2v) is 7.27. The molecule has 1 saturated carbocycles. The quantitative estimate of drug-likeness (QED) is 0.671. The standard InChI is InChI=1S/C14H24N2O3S/c1-2-15-9-3-4-11-20(17,18)16(13-7-8-13)12-14-6-5-10-19-14/h5-6,10,13,15H,2-4,7-9,11-12H2,1H3. The molecule has 0 aliphatic heterocycles. The molecule has 1 heterocycles. The molecular formula is C14H24N2O3S. The number of rotatable bonds is 10. The van der Waals surface area contributed by atoms with E-state index in [1.165, 1.54) is 0 Å². The summed E-state index contributed by atoms with van der Waals surface area (Å²) in [5.74, 6) is 0.948. The van der Waals surface area contributed by atoms with Crippen LogP contribution >= 0.6 is 0 Å². The largest absolute Gasteiger partial charge is 0.468 e. The molecule has 1 fully saturated rings. The van der Waals surface area contributed by atoms with E-state index in [9.17, 15) is 8.42 Å². The molecule has 0 amide bonds. The van der Waals surface area contributed by atoms with Crippen molar-refractivity contribution in [1.29, 1.82) is 0 Å². The third-order valence-corrected chi connectivity index (χ3v) is 5.41.